The first kappa shape index (κ1) is 53.4. The first-order valence-electron chi connectivity index (χ1n) is 23.6. The molecule has 0 rings (SSSR count). The molecule has 0 amide bonds. The highest BCUT2D eigenvalue weighted by Gasteiger charge is 2.19. The van der Waals surface area contributed by atoms with Gasteiger partial charge in [0.25, 0.3) is 0 Å². The van der Waals surface area contributed by atoms with Gasteiger partial charge in [0.1, 0.15) is 13.2 Å². The summed E-state index contributed by atoms with van der Waals surface area (Å²) in [6.07, 6.45) is 52.6. The maximum Gasteiger partial charge on any atom is 0.306 e. The van der Waals surface area contributed by atoms with Crippen LogP contribution in [-0.2, 0) is 28.6 Å². The van der Waals surface area contributed by atoms with Crippen molar-refractivity contribution >= 4 is 17.9 Å². The average Bonchev–Trinajstić information content (AvgIpc) is 3.19. The summed E-state index contributed by atoms with van der Waals surface area (Å²) in [4.78, 5) is 37.6. The van der Waals surface area contributed by atoms with E-state index in [2.05, 4.69) is 69.4 Å². The second-order valence-electron chi connectivity index (χ2n) is 15.6. The van der Waals surface area contributed by atoms with Crippen LogP contribution in [0.2, 0.25) is 0 Å². The normalized spacial score (nSPS) is 12.4. The number of esters is 3. The van der Waals surface area contributed by atoms with Gasteiger partial charge in [0.15, 0.2) is 6.10 Å². The van der Waals surface area contributed by atoms with Crippen molar-refractivity contribution in [2.45, 2.75) is 239 Å². The fourth-order valence-corrected chi connectivity index (χ4v) is 6.51. The van der Waals surface area contributed by atoms with Crippen molar-refractivity contribution < 1.29 is 28.6 Å². The fraction of sp³-hybridized carbons (Fsp3) is 0.780. The minimum absolute atomic E-state index is 0.0854. The van der Waals surface area contributed by atoms with Gasteiger partial charge in [-0.3, -0.25) is 14.4 Å². The molecule has 6 nitrogen and oxygen atoms in total. The third-order valence-electron chi connectivity index (χ3n) is 10.1. The number of hydrogen-bond acceptors (Lipinski definition) is 6. The third-order valence-corrected chi connectivity index (χ3v) is 10.1. The Bertz CT molecular complexity index is 996. The Morgan fingerprint density at radius 2 is 0.696 bits per heavy atom. The molecule has 0 aliphatic heterocycles. The second-order valence-corrected chi connectivity index (χ2v) is 15.6. The molecule has 0 fully saturated rings. The summed E-state index contributed by atoms with van der Waals surface area (Å²) < 4.78 is 16.6. The van der Waals surface area contributed by atoms with E-state index in [4.69, 9.17) is 14.2 Å². The van der Waals surface area contributed by atoms with Crippen molar-refractivity contribution in [1.29, 1.82) is 0 Å². The van der Waals surface area contributed by atoms with Crippen molar-refractivity contribution in [3.8, 4) is 0 Å². The van der Waals surface area contributed by atoms with E-state index >= 15 is 0 Å². The van der Waals surface area contributed by atoms with Crippen LogP contribution in [0.4, 0.5) is 0 Å². The van der Waals surface area contributed by atoms with Gasteiger partial charge in [0.05, 0.1) is 0 Å². The largest absolute Gasteiger partial charge is 0.462 e. The van der Waals surface area contributed by atoms with E-state index in [1.807, 2.05) is 0 Å². The predicted octanol–water partition coefficient (Wildman–Crippen LogP) is 15.1. The van der Waals surface area contributed by atoms with Gasteiger partial charge in [-0.05, 0) is 77.0 Å². The molecule has 0 radical (unpaired) electrons. The highest BCUT2D eigenvalue weighted by molar-refractivity contribution is 5.71. The van der Waals surface area contributed by atoms with E-state index in [9.17, 15) is 14.4 Å². The van der Waals surface area contributed by atoms with Crippen LogP contribution in [0.1, 0.15) is 233 Å². The van der Waals surface area contributed by atoms with Gasteiger partial charge in [0.2, 0.25) is 0 Å². The molecule has 0 aromatic heterocycles. The van der Waals surface area contributed by atoms with E-state index < -0.39 is 6.10 Å². The molecule has 56 heavy (non-hydrogen) atoms. The van der Waals surface area contributed by atoms with Crippen LogP contribution in [-0.4, -0.2) is 37.2 Å². The molecule has 0 spiro atoms. The Labute approximate surface area is 346 Å². The number of allylic oxidation sites excluding steroid dienone is 8. The van der Waals surface area contributed by atoms with Gasteiger partial charge in [-0.1, -0.05) is 185 Å². The number of unbranched alkanes of at least 4 members (excludes halogenated alkanes) is 23. The smallest absolute Gasteiger partial charge is 0.306 e. The average molecular weight is 785 g/mol. The van der Waals surface area contributed by atoms with Gasteiger partial charge in [-0.2, -0.15) is 0 Å². The highest BCUT2D eigenvalue weighted by atomic mass is 16.6. The summed E-state index contributed by atoms with van der Waals surface area (Å²) in [6, 6.07) is 0. The molecule has 0 heterocycles. The Balaban J connectivity index is 4.24. The third kappa shape index (κ3) is 42.5. The molecule has 0 saturated heterocycles. The molecular weight excluding hydrogens is 697 g/mol. The molecule has 1 atom stereocenters. The van der Waals surface area contributed by atoms with Crippen LogP contribution in [0.15, 0.2) is 48.6 Å². The Hall–Kier alpha value is -2.63. The molecule has 0 N–H and O–H groups in total. The van der Waals surface area contributed by atoms with Crippen molar-refractivity contribution in [1.82, 2.24) is 0 Å². The number of rotatable bonds is 42. The van der Waals surface area contributed by atoms with Crippen molar-refractivity contribution in [3.05, 3.63) is 48.6 Å². The summed E-state index contributed by atoms with van der Waals surface area (Å²) in [5, 5.41) is 0. The molecule has 0 aliphatic carbocycles. The zero-order chi connectivity index (χ0) is 40.8. The predicted molar refractivity (Wildman–Crippen MR) is 238 cm³/mol. The zero-order valence-corrected chi connectivity index (χ0v) is 36.9. The first-order valence-corrected chi connectivity index (χ1v) is 23.6. The van der Waals surface area contributed by atoms with Gasteiger partial charge < -0.3 is 14.2 Å². The van der Waals surface area contributed by atoms with E-state index in [0.29, 0.717) is 19.3 Å². The molecule has 324 valence electrons. The van der Waals surface area contributed by atoms with Crippen molar-refractivity contribution in [2.24, 2.45) is 0 Å². The minimum atomic E-state index is -0.783. The number of carbonyl (C=O) groups excluding carboxylic acids is 3. The van der Waals surface area contributed by atoms with Gasteiger partial charge >= 0.3 is 17.9 Å². The van der Waals surface area contributed by atoms with E-state index in [1.165, 1.54) is 109 Å². The Kier molecular flexibility index (Phi) is 43.0. The maximum atomic E-state index is 12.7. The first-order chi connectivity index (χ1) is 27.5. The van der Waals surface area contributed by atoms with Crippen LogP contribution in [0, 0.1) is 0 Å². The van der Waals surface area contributed by atoms with Gasteiger partial charge in [-0.15, -0.1) is 0 Å². The highest BCUT2D eigenvalue weighted by Crippen LogP contribution is 2.14. The van der Waals surface area contributed by atoms with Crippen LogP contribution in [0.3, 0.4) is 0 Å². The summed E-state index contributed by atoms with van der Waals surface area (Å²) in [5.74, 6) is -0.926. The lowest BCUT2D eigenvalue weighted by molar-refractivity contribution is -0.167. The molecule has 1 unspecified atom stereocenters. The molecule has 0 aliphatic rings. The number of carbonyl (C=O) groups is 3. The summed E-state index contributed by atoms with van der Waals surface area (Å²) in [7, 11) is 0. The van der Waals surface area contributed by atoms with E-state index in [0.717, 1.165) is 83.5 Å². The fourth-order valence-electron chi connectivity index (χ4n) is 6.51. The molecule has 0 saturated carbocycles. The van der Waals surface area contributed by atoms with Crippen LogP contribution in [0.5, 0.6) is 0 Å². The van der Waals surface area contributed by atoms with E-state index in [-0.39, 0.29) is 31.1 Å². The topological polar surface area (TPSA) is 78.9 Å². The molecule has 6 heteroatoms. The monoisotopic (exact) mass is 785 g/mol. The molecule has 0 aromatic rings. The second kappa shape index (κ2) is 45.1. The minimum Gasteiger partial charge on any atom is -0.462 e. The Morgan fingerprint density at radius 3 is 1.12 bits per heavy atom. The lowest BCUT2D eigenvalue weighted by Crippen LogP contribution is -2.30. The lowest BCUT2D eigenvalue weighted by Gasteiger charge is -2.18. The van der Waals surface area contributed by atoms with Crippen molar-refractivity contribution in [2.75, 3.05) is 13.2 Å². The van der Waals surface area contributed by atoms with Crippen LogP contribution in [0.25, 0.3) is 0 Å². The van der Waals surface area contributed by atoms with E-state index in [1.54, 1.807) is 0 Å². The standard InChI is InChI=1S/C50H88O6/c1-4-7-10-13-16-18-20-22-23-24-25-26-27-29-30-32-34-37-40-43-49(52)55-46-47(45-54-48(51)42-39-36-15-12-9-6-3)56-50(53)44-41-38-35-33-31-28-21-19-17-14-11-8-5-2/h8,11,17,19,22-23,28,31,47H,4-7,9-10,12-16,18,20-21,24-27,29-30,32-46H2,1-3H3/b11-8-,19-17-,23-22-,31-28-. The van der Waals surface area contributed by atoms with Gasteiger partial charge in [0, 0.05) is 19.3 Å². The zero-order valence-electron chi connectivity index (χ0n) is 36.9. The van der Waals surface area contributed by atoms with Crippen LogP contribution >= 0.6 is 0 Å². The SMILES string of the molecule is CC/C=C\C/C=C\C/C=C\CCCCCC(=O)OC(COC(=O)CCCCCCCC)COC(=O)CCCCCCCCCCC/C=C\CCCCCCCC. The van der Waals surface area contributed by atoms with Crippen LogP contribution < -0.4 is 0 Å². The summed E-state index contributed by atoms with van der Waals surface area (Å²) in [5.41, 5.74) is 0. The molecule has 0 bridgehead atoms. The Morgan fingerprint density at radius 1 is 0.375 bits per heavy atom. The quantitative estimate of drug-likeness (QED) is 0.0265. The summed E-state index contributed by atoms with van der Waals surface area (Å²) >= 11 is 0. The number of hydrogen-bond donors (Lipinski definition) is 0. The maximum absolute atomic E-state index is 12.7. The lowest BCUT2D eigenvalue weighted by atomic mass is 10.1. The van der Waals surface area contributed by atoms with Crippen molar-refractivity contribution in [3.63, 3.8) is 0 Å². The van der Waals surface area contributed by atoms with Gasteiger partial charge in [-0.25, -0.2) is 0 Å². The molecule has 0 aromatic carbocycles. The summed E-state index contributed by atoms with van der Waals surface area (Å²) in [6.45, 7) is 6.43. The molecular formula is C50H88O6. The number of ether oxygens (including phenoxy) is 3.